The van der Waals surface area contributed by atoms with Gasteiger partial charge in [-0.25, -0.2) is 25.3 Å². The number of ether oxygens (including phenoxy) is 2. The molecular weight excluding hydrogens is 747 g/mol. The number of methoxy groups -OCH3 is 1. The summed E-state index contributed by atoms with van der Waals surface area (Å²) < 4.78 is 125. The van der Waals surface area contributed by atoms with Gasteiger partial charge in [-0.2, -0.15) is 8.42 Å². The molecule has 50 heavy (non-hydrogen) atoms. The number of nitro benzene ring substituents is 1. The third-order valence-corrected chi connectivity index (χ3v) is 10.5. The van der Waals surface area contributed by atoms with Crippen LogP contribution >= 0.6 is 0 Å². The Labute approximate surface area is 285 Å². The summed E-state index contributed by atoms with van der Waals surface area (Å²) >= 11 is 0. The predicted octanol–water partition coefficient (Wildman–Crippen LogP) is 3.72. The standard InChI is InChI=1S/C27H27N5O14S4/c1-45-11-12-46-22-10-7-16(13-24(22)50(42,43)44)30-49(40,41)25-15-21(26-18(27(25)33)5-4-6-20(26)31-48(3,38)39)29-28-19-9-8-17(32(34)35)14-23(19)47(2,36)37/h4-10,13-15,30-31,33H,11-12H2,1-3H3,(H,42,43,44). The van der Waals surface area contributed by atoms with Crippen molar-refractivity contribution >= 4 is 79.2 Å². The molecule has 23 heteroatoms. The first-order valence-electron chi connectivity index (χ1n) is 13.5. The quantitative estimate of drug-likeness (QED) is 0.0467. The molecule has 0 saturated carbocycles. The average molecular weight is 774 g/mol. The van der Waals surface area contributed by atoms with Crippen molar-refractivity contribution in [1.82, 2.24) is 0 Å². The molecule has 268 valence electrons. The van der Waals surface area contributed by atoms with Gasteiger partial charge in [-0.05, 0) is 36.4 Å². The molecule has 0 aliphatic carbocycles. The van der Waals surface area contributed by atoms with Gasteiger partial charge in [0.25, 0.3) is 25.8 Å². The van der Waals surface area contributed by atoms with E-state index in [9.17, 15) is 53.4 Å². The largest absolute Gasteiger partial charge is 0.506 e. The normalized spacial score (nSPS) is 12.6. The molecule has 0 amide bonds. The molecule has 4 aromatic carbocycles. The van der Waals surface area contributed by atoms with E-state index in [4.69, 9.17) is 9.47 Å². The molecule has 0 radical (unpaired) electrons. The van der Waals surface area contributed by atoms with Gasteiger partial charge in [0.1, 0.15) is 38.5 Å². The Balaban J connectivity index is 1.93. The van der Waals surface area contributed by atoms with Crippen LogP contribution in [-0.4, -0.2) is 81.1 Å². The first-order chi connectivity index (χ1) is 23.1. The number of sulfonamides is 2. The SMILES string of the molecule is COCCOc1ccc(NS(=O)(=O)c2cc(N=Nc3ccc([N+](=O)[O-])cc3S(C)(=O)=O)c3c(NS(C)(=O)=O)cccc3c2O)cc1S(=O)(=O)O. The fraction of sp³-hybridized carbons (Fsp3) is 0.185. The van der Waals surface area contributed by atoms with Gasteiger partial charge in [0, 0.05) is 36.3 Å². The fourth-order valence-electron chi connectivity index (χ4n) is 4.43. The predicted molar refractivity (Wildman–Crippen MR) is 179 cm³/mol. The van der Waals surface area contributed by atoms with E-state index >= 15 is 0 Å². The van der Waals surface area contributed by atoms with Crippen molar-refractivity contribution in [2.75, 3.05) is 42.3 Å². The minimum absolute atomic E-state index is 0.0569. The molecule has 0 aliphatic rings. The lowest BCUT2D eigenvalue weighted by Gasteiger charge is -2.16. The van der Waals surface area contributed by atoms with E-state index < -0.39 is 88.1 Å². The van der Waals surface area contributed by atoms with Crippen molar-refractivity contribution in [3.8, 4) is 11.5 Å². The van der Waals surface area contributed by atoms with Crippen molar-refractivity contribution < 1.29 is 57.7 Å². The Bertz CT molecular complexity index is 2490. The number of phenolic OH excluding ortho intramolecular Hbond substituents is 1. The number of aromatic hydroxyl groups is 1. The van der Waals surface area contributed by atoms with Crippen LogP contribution in [0.5, 0.6) is 11.5 Å². The summed E-state index contributed by atoms with van der Waals surface area (Å²) in [5.41, 5.74) is -2.01. The second-order valence-corrected chi connectivity index (χ2v) is 17.1. The number of phenols is 1. The van der Waals surface area contributed by atoms with E-state index in [1.807, 2.05) is 0 Å². The molecule has 0 atom stereocenters. The number of nitro groups is 1. The molecule has 4 N–H and O–H groups in total. The van der Waals surface area contributed by atoms with Crippen molar-refractivity contribution in [2.45, 2.75) is 14.7 Å². The zero-order chi connectivity index (χ0) is 37.2. The fourth-order valence-corrected chi connectivity index (χ4v) is 7.66. The molecule has 0 unspecified atom stereocenters. The molecule has 0 heterocycles. The van der Waals surface area contributed by atoms with E-state index in [1.165, 1.54) is 25.3 Å². The average Bonchev–Trinajstić information content (AvgIpc) is 2.99. The third kappa shape index (κ3) is 8.80. The Kier molecular flexibility index (Phi) is 10.7. The second-order valence-electron chi connectivity index (χ2n) is 10.3. The van der Waals surface area contributed by atoms with E-state index in [0.717, 1.165) is 55.0 Å². The molecule has 0 bridgehead atoms. The van der Waals surface area contributed by atoms with E-state index in [2.05, 4.69) is 19.7 Å². The molecule has 4 rings (SSSR count). The highest BCUT2D eigenvalue weighted by molar-refractivity contribution is 7.93. The zero-order valence-electron chi connectivity index (χ0n) is 26.0. The van der Waals surface area contributed by atoms with Gasteiger partial charge in [0.15, 0.2) is 9.84 Å². The molecule has 19 nitrogen and oxygen atoms in total. The van der Waals surface area contributed by atoms with Gasteiger partial charge in [-0.3, -0.25) is 24.1 Å². The number of hydrogen-bond acceptors (Lipinski definition) is 15. The molecule has 0 spiro atoms. The summed E-state index contributed by atoms with van der Waals surface area (Å²) in [6.45, 7) is -0.0600. The van der Waals surface area contributed by atoms with Gasteiger partial charge in [0.2, 0.25) is 10.0 Å². The monoisotopic (exact) mass is 773 g/mol. The maximum atomic E-state index is 13.7. The van der Waals surface area contributed by atoms with Gasteiger partial charge >= 0.3 is 0 Å². The summed E-state index contributed by atoms with van der Waals surface area (Å²) in [7, 11) is -16.6. The highest BCUT2D eigenvalue weighted by Gasteiger charge is 2.27. The van der Waals surface area contributed by atoms with Crippen molar-refractivity contribution in [2.24, 2.45) is 10.2 Å². The van der Waals surface area contributed by atoms with Crippen molar-refractivity contribution in [3.63, 3.8) is 0 Å². The lowest BCUT2D eigenvalue weighted by Crippen LogP contribution is -2.15. The van der Waals surface area contributed by atoms with Gasteiger partial charge in [-0.1, -0.05) is 12.1 Å². The summed E-state index contributed by atoms with van der Waals surface area (Å²) in [6, 6.07) is 10.1. The van der Waals surface area contributed by atoms with Gasteiger partial charge in [-0.15, -0.1) is 10.2 Å². The number of nitrogens with one attached hydrogen (secondary N) is 2. The van der Waals surface area contributed by atoms with Crippen LogP contribution in [0.25, 0.3) is 10.8 Å². The zero-order valence-corrected chi connectivity index (χ0v) is 29.2. The number of benzene rings is 4. The maximum absolute atomic E-state index is 13.7. The summed E-state index contributed by atoms with van der Waals surface area (Å²) in [4.78, 5) is 8.14. The Morgan fingerprint density at radius 1 is 0.820 bits per heavy atom. The topological polar surface area (TPSA) is 287 Å². The lowest BCUT2D eigenvalue weighted by molar-refractivity contribution is -0.385. The van der Waals surface area contributed by atoms with Crippen LogP contribution in [0.3, 0.4) is 0 Å². The Hall–Kier alpha value is -4.94. The van der Waals surface area contributed by atoms with Crippen LogP contribution in [0, 0.1) is 10.1 Å². The smallest absolute Gasteiger partial charge is 0.298 e. The second kappa shape index (κ2) is 14.1. The first kappa shape index (κ1) is 37.9. The summed E-state index contributed by atoms with van der Waals surface area (Å²) in [5.74, 6) is -1.24. The molecule has 0 saturated heterocycles. The van der Waals surface area contributed by atoms with E-state index in [1.54, 1.807) is 0 Å². The summed E-state index contributed by atoms with van der Waals surface area (Å²) in [5, 5.41) is 29.8. The number of hydrogen-bond donors (Lipinski definition) is 4. The van der Waals surface area contributed by atoms with Crippen LogP contribution in [0.4, 0.5) is 28.4 Å². The van der Waals surface area contributed by atoms with Crippen molar-refractivity contribution in [1.29, 1.82) is 0 Å². The number of fused-ring (bicyclic) bond motifs is 1. The number of azo groups is 1. The lowest BCUT2D eigenvalue weighted by atomic mass is 10.1. The molecule has 4 aromatic rings. The minimum Gasteiger partial charge on any atom is -0.506 e. The van der Waals surface area contributed by atoms with Crippen LogP contribution < -0.4 is 14.2 Å². The highest BCUT2D eigenvalue weighted by Crippen LogP contribution is 2.44. The third-order valence-electron chi connectivity index (χ3n) is 6.50. The summed E-state index contributed by atoms with van der Waals surface area (Å²) in [6.07, 6.45) is 1.58. The van der Waals surface area contributed by atoms with Gasteiger partial charge < -0.3 is 14.6 Å². The number of sulfone groups is 1. The van der Waals surface area contributed by atoms with Crippen LogP contribution in [0.1, 0.15) is 0 Å². The first-order valence-corrected chi connectivity index (χ1v) is 20.3. The van der Waals surface area contributed by atoms with Crippen LogP contribution in [-0.2, 0) is 44.7 Å². The van der Waals surface area contributed by atoms with Crippen molar-refractivity contribution in [3.05, 3.63) is 70.8 Å². The Morgan fingerprint density at radius 3 is 2.10 bits per heavy atom. The highest BCUT2D eigenvalue weighted by atomic mass is 32.2. The minimum atomic E-state index is -4.95. The molecule has 0 aliphatic heterocycles. The number of nitrogens with zero attached hydrogens (tertiary/aromatic N) is 3. The van der Waals surface area contributed by atoms with Crippen LogP contribution in [0.2, 0.25) is 0 Å². The van der Waals surface area contributed by atoms with Gasteiger partial charge in [0.05, 0.1) is 34.8 Å². The molecule has 0 fully saturated rings. The Morgan fingerprint density at radius 2 is 1.50 bits per heavy atom. The molecular formula is C27H27N5O14S4. The van der Waals surface area contributed by atoms with Crippen LogP contribution in [0.15, 0.2) is 85.6 Å². The van der Waals surface area contributed by atoms with E-state index in [0.29, 0.717) is 0 Å². The number of rotatable bonds is 14. The number of anilines is 2. The molecule has 0 aromatic heterocycles. The number of non-ortho nitro benzene ring substituents is 1. The maximum Gasteiger partial charge on any atom is 0.298 e. The van der Waals surface area contributed by atoms with E-state index in [-0.39, 0.29) is 35.4 Å².